The van der Waals surface area contributed by atoms with E-state index in [1.165, 1.54) is 0 Å². The van der Waals surface area contributed by atoms with Crippen molar-refractivity contribution in [2.24, 2.45) is 4.99 Å². The zero-order chi connectivity index (χ0) is 20.5. The number of benzene rings is 3. The molecule has 0 fully saturated rings. The van der Waals surface area contributed by atoms with E-state index >= 15 is 0 Å². The van der Waals surface area contributed by atoms with Crippen molar-refractivity contribution in [1.29, 1.82) is 0 Å². The van der Waals surface area contributed by atoms with E-state index in [4.69, 9.17) is 14.5 Å². The third-order valence-electron chi connectivity index (χ3n) is 4.50. The molecular weight excluding hydrogens is 362 g/mol. The fourth-order valence-corrected chi connectivity index (χ4v) is 3.11. The maximum Gasteiger partial charge on any atom is 0.331 e. The number of rotatable bonds is 8. The monoisotopic (exact) mass is 387 g/mol. The van der Waals surface area contributed by atoms with Crippen LogP contribution in [0.2, 0.25) is 0 Å². The van der Waals surface area contributed by atoms with E-state index in [0.29, 0.717) is 13.0 Å². The lowest BCUT2D eigenvalue weighted by atomic mass is 10.0. The van der Waals surface area contributed by atoms with E-state index in [1.807, 2.05) is 84.9 Å². The van der Waals surface area contributed by atoms with Gasteiger partial charge in [-0.2, -0.15) is 0 Å². The van der Waals surface area contributed by atoms with Gasteiger partial charge in [0, 0.05) is 17.5 Å². The lowest BCUT2D eigenvalue weighted by Gasteiger charge is -2.16. The van der Waals surface area contributed by atoms with Crippen molar-refractivity contribution in [3.05, 3.63) is 102 Å². The van der Waals surface area contributed by atoms with E-state index in [1.54, 1.807) is 14.0 Å². The molecule has 0 saturated heterocycles. The van der Waals surface area contributed by atoms with Crippen LogP contribution in [0.1, 0.15) is 23.6 Å². The number of methoxy groups -OCH3 is 1. The Morgan fingerprint density at radius 2 is 1.52 bits per heavy atom. The van der Waals surface area contributed by atoms with Gasteiger partial charge >= 0.3 is 5.97 Å². The van der Waals surface area contributed by atoms with Crippen LogP contribution in [0.5, 0.6) is 5.75 Å². The molecule has 0 spiro atoms. The SMILES string of the molecule is CCOC(=O)[C@H](Cc1cccc(OC)c1)N=C(c1ccccc1)c1ccccc1. The van der Waals surface area contributed by atoms with Crippen molar-refractivity contribution in [3.63, 3.8) is 0 Å². The summed E-state index contributed by atoms with van der Waals surface area (Å²) in [6.45, 7) is 2.12. The Hall–Kier alpha value is -3.40. The largest absolute Gasteiger partial charge is 0.497 e. The van der Waals surface area contributed by atoms with Crippen LogP contribution < -0.4 is 4.74 Å². The molecule has 0 aromatic heterocycles. The van der Waals surface area contributed by atoms with Crippen LogP contribution in [0, 0.1) is 0 Å². The van der Waals surface area contributed by atoms with Gasteiger partial charge in [-0.3, -0.25) is 4.99 Å². The van der Waals surface area contributed by atoms with Crippen molar-refractivity contribution in [2.45, 2.75) is 19.4 Å². The van der Waals surface area contributed by atoms with Crippen molar-refractivity contribution < 1.29 is 14.3 Å². The number of esters is 1. The lowest BCUT2D eigenvalue weighted by molar-refractivity contribution is -0.144. The molecule has 148 valence electrons. The third-order valence-corrected chi connectivity index (χ3v) is 4.50. The first-order valence-electron chi connectivity index (χ1n) is 9.69. The van der Waals surface area contributed by atoms with Crippen molar-refractivity contribution in [3.8, 4) is 5.75 Å². The summed E-state index contributed by atoms with van der Waals surface area (Å²) in [6, 6.07) is 26.8. The minimum atomic E-state index is -0.655. The fraction of sp³-hybridized carbons (Fsp3) is 0.200. The second-order valence-electron chi connectivity index (χ2n) is 6.53. The summed E-state index contributed by atoms with van der Waals surface area (Å²) in [5, 5.41) is 0. The van der Waals surface area contributed by atoms with Gasteiger partial charge in [0.2, 0.25) is 0 Å². The molecule has 0 radical (unpaired) electrons. The first kappa shape index (κ1) is 20.3. The second kappa shape index (κ2) is 10.2. The maximum absolute atomic E-state index is 12.7. The number of ether oxygens (including phenoxy) is 2. The molecule has 0 aliphatic rings. The Kier molecular flexibility index (Phi) is 7.17. The molecule has 3 rings (SSSR count). The van der Waals surface area contributed by atoms with Crippen molar-refractivity contribution in [2.75, 3.05) is 13.7 Å². The van der Waals surface area contributed by atoms with Crippen LogP contribution in [-0.2, 0) is 16.0 Å². The number of carbonyl (C=O) groups excluding carboxylic acids is 1. The third kappa shape index (κ3) is 5.55. The molecular formula is C25H25NO3. The molecule has 0 aliphatic carbocycles. The van der Waals surface area contributed by atoms with Gasteiger partial charge in [0.15, 0.2) is 6.04 Å². The van der Waals surface area contributed by atoms with Gasteiger partial charge in [-0.25, -0.2) is 4.79 Å². The summed E-state index contributed by atoms with van der Waals surface area (Å²) < 4.78 is 10.6. The van der Waals surface area contributed by atoms with Gasteiger partial charge in [0.05, 0.1) is 19.4 Å². The Morgan fingerprint density at radius 1 is 0.897 bits per heavy atom. The zero-order valence-corrected chi connectivity index (χ0v) is 16.7. The molecule has 0 heterocycles. The molecule has 4 nitrogen and oxygen atoms in total. The fourth-order valence-electron chi connectivity index (χ4n) is 3.11. The minimum absolute atomic E-state index is 0.314. The number of nitrogens with zero attached hydrogens (tertiary/aromatic N) is 1. The predicted octanol–water partition coefficient (Wildman–Crippen LogP) is 4.71. The second-order valence-corrected chi connectivity index (χ2v) is 6.53. The molecule has 29 heavy (non-hydrogen) atoms. The highest BCUT2D eigenvalue weighted by atomic mass is 16.5. The molecule has 3 aromatic carbocycles. The van der Waals surface area contributed by atoms with Gasteiger partial charge < -0.3 is 9.47 Å². The average molecular weight is 387 g/mol. The number of aliphatic imine (C=N–C) groups is 1. The number of carbonyl (C=O) groups is 1. The van der Waals surface area contributed by atoms with E-state index in [9.17, 15) is 4.79 Å². The molecule has 0 saturated carbocycles. The van der Waals surface area contributed by atoms with Gasteiger partial charge in [-0.1, -0.05) is 72.8 Å². The van der Waals surface area contributed by atoms with Crippen molar-refractivity contribution >= 4 is 11.7 Å². The highest BCUT2D eigenvalue weighted by Gasteiger charge is 2.21. The first-order valence-corrected chi connectivity index (χ1v) is 9.69. The summed E-state index contributed by atoms with van der Waals surface area (Å²) in [5.74, 6) is 0.417. The average Bonchev–Trinajstić information content (AvgIpc) is 2.78. The molecule has 0 bridgehead atoms. The molecule has 0 amide bonds. The Morgan fingerprint density at radius 3 is 2.07 bits per heavy atom. The minimum Gasteiger partial charge on any atom is -0.497 e. The summed E-state index contributed by atoms with van der Waals surface area (Å²) in [5.41, 5.74) is 3.65. The summed E-state index contributed by atoms with van der Waals surface area (Å²) in [6.07, 6.45) is 0.430. The summed E-state index contributed by atoms with van der Waals surface area (Å²) in [4.78, 5) is 17.6. The van der Waals surface area contributed by atoms with E-state index in [-0.39, 0.29) is 5.97 Å². The number of hydrogen-bond donors (Lipinski definition) is 0. The zero-order valence-electron chi connectivity index (χ0n) is 16.7. The quantitative estimate of drug-likeness (QED) is 0.415. The Labute approximate surface area is 171 Å². The van der Waals surface area contributed by atoms with Gasteiger partial charge in [0.1, 0.15) is 5.75 Å². The van der Waals surface area contributed by atoms with Gasteiger partial charge in [-0.05, 0) is 24.6 Å². The smallest absolute Gasteiger partial charge is 0.331 e. The van der Waals surface area contributed by atoms with Crippen LogP contribution in [-0.4, -0.2) is 31.4 Å². The highest BCUT2D eigenvalue weighted by Crippen LogP contribution is 2.18. The predicted molar refractivity (Wildman–Crippen MR) is 116 cm³/mol. The van der Waals surface area contributed by atoms with E-state index in [0.717, 1.165) is 28.2 Å². The van der Waals surface area contributed by atoms with Gasteiger partial charge in [0.25, 0.3) is 0 Å². The van der Waals surface area contributed by atoms with Crippen LogP contribution in [0.3, 0.4) is 0 Å². The summed E-state index contributed by atoms with van der Waals surface area (Å²) in [7, 11) is 1.63. The molecule has 0 aliphatic heterocycles. The topological polar surface area (TPSA) is 47.9 Å². The first-order chi connectivity index (χ1) is 14.2. The Bertz CT molecular complexity index is 911. The molecule has 4 heteroatoms. The van der Waals surface area contributed by atoms with Crippen LogP contribution in [0.4, 0.5) is 0 Å². The molecule has 1 atom stereocenters. The molecule has 0 N–H and O–H groups in total. The molecule has 3 aromatic rings. The van der Waals surface area contributed by atoms with E-state index < -0.39 is 6.04 Å². The normalized spacial score (nSPS) is 11.4. The van der Waals surface area contributed by atoms with E-state index in [2.05, 4.69) is 0 Å². The van der Waals surface area contributed by atoms with Crippen molar-refractivity contribution in [1.82, 2.24) is 0 Å². The number of hydrogen-bond acceptors (Lipinski definition) is 4. The Balaban J connectivity index is 2.03. The standard InChI is InChI=1S/C25H25NO3/c1-3-29-25(27)23(18-19-11-10-16-22(17-19)28-2)26-24(20-12-6-4-7-13-20)21-14-8-5-9-15-21/h4-17,23H,3,18H2,1-2H3/t23-/m0/s1. The van der Waals surface area contributed by atoms with Crippen LogP contribution in [0.25, 0.3) is 0 Å². The van der Waals surface area contributed by atoms with Crippen LogP contribution in [0.15, 0.2) is 89.9 Å². The van der Waals surface area contributed by atoms with Gasteiger partial charge in [-0.15, -0.1) is 0 Å². The lowest BCUT2D eigenvalue weighted by Crippen LogP contribution is -2.26. The van der Waals surface area contributed by atoms with Crippen LogP contribution >= 0.6 is 0 Å². The summed E-state index contributed by atoms with van der Waals surface area (Å²) >= 11 is 0. The highest BCUT2D eigenvalue weighted by molar-refractivity contribution is 6.13. The molecule has 0 unspecified atom stereocenters. The maximum atomic E-state index is 12.7.